The second-order valence-electron chi connectivity index (χ2n) is 5.82. The Morgan fingerprint density at radius 2 is 2.05 bits per heavy atom. The highest BCUT2D eigenvalue weighted by Crippen LogP contribution is 2.36. The number of nitriles is 1. The van der Waals surface area contributed by atoms with E-state index in [2.05, 4.69) is 11.0 Å². The number of phenols is 1. The Morgan fingerprint density at radius 1 is 1.30 bits per heavy atom. The zero-order valence-electron chi connectivity index (χ0n) is 11.6. The number of aromatic hydroxyl groups is 1. The van der Waals surface area contributed by atoms with Gasteiger partial charge in [0.2, 0.25) is 0 Å². The van der Waals surface area contributed by atoms with Gasteiger partial charge in [0.05, 0.1) is 11.6 Å². The number of likely N-dealkylation sites (tertiary alicyclic amines) is 1. The number of phenolic OH excluding ortho intramolecular Hbond substituents is 1. The molecule has 4 nitrogen and oxygen atoms in total. The highest BCUT2D eigenvalue weighted by molar-refractivity contribution is 5.49. The Balaban J connectivity index is 1.59. The van der Waals surface area contributed by atoms with Crippen molar-refractivity contribution in [2.75, 3.05) is 32.8 Å². The molecule has 0 spiro atoms. The molecule has 1 aromatic rings. The van der Waals surface area contributed by atoms with Crippen LogP contribution in [0.1, 0.15) is 29.9 Å². The first-order valence-electron chi connectivity index (χ1n) is 7.30. The summed E-state index contributed by atoms with van der Waals surface area (Å²) in [5.41, 5.74) is 1.44. The minimum Gasteiger partial charge on any atom is -0.508 e. The Labute approximate surface area is 119 Å². The van der Waals surface area contributed by atoms with Crippen molar-refractivity contribution in [1.82, 2.24) is 4.90 Å². The van der Waals surface area contributed by atoms with Crippen LogP contribution < -0.4 is 0 Å². The van der Waals surface area contributed by atoms with Crippen molar-refractivity contribution in [1.29, 1.82) is 5.26 Å². The Hall–Kier alpha value is -1.57. The zero-order chi connectivity index (χ0) is 13.9. The molecule has 106 valence electrons. The standard InChI is InChI=1S/C16H20N2O2/c17-8-13-2-1-3-15(19)16(13)14-10-18(11-14)9-12-4-6-20-7-5-12/h1-3,12,14,19H,4-7,9-11H2. The average molecular weight is 272 g/mol. The predicted molar refractivity (Wildman–Crippen MR) is 75.5 cm³/mol. The molecule has 0 radical (unpaired) electrons. The van der Waals surface area contributed by atoms with Crippen molar-refractivity contribution in [3.8, 4) is 11.8 Å². The van der Waals surface area contributed by atoms with Crippen LogP contribution >= 0.6 is 0 Å². The van der Waals surface area contributed by atoms with Gasteiger partial charge in [0.15, 0.2) is 0 Å². The molecule has 0 unspecified atom stereocenters. The third-order valence-corrected chi connectivity index (χ3v) is 4.43. The van der Waals surface area contributed by atoms with Gasteiger partial charge >= 0.3 is 0 Å². The third kappa shape index (κ3) is 2.65. The molecule has 2 saturated heterocycles. The van der Waals surface area contributed by atoms with Crippen molar-refractivity contribution in [3.63, 3.8) is 0 Å². The topological polar surface area (TPSA) is 56.5 Å². The Kier molecular flexibility index (Phi) is 3.90. The molecule has 0 amide bonds. The molecule has 1 aromatic carbocycles. The molecule has 2 heterocycles. The molecule has 3 rings (SSSR count). The summed E-state index contributed by atoms with van der Waals surface area (Å²) in [5.74, 6) is 1.30. The van der Waals surface area contributed by atoms with Gasteiger partial charge in [-0.05, 0) is 30.9 Å². The van der Waals surface area contributed by atoms with E-state index in [1.165, 1.54) is 0 Å². The van der Waals surface area contributed by atoms with Crippen molar-refractivity contribution in [2.24, 2.45) is 5.92 Å². The van der Waals surface area contributed by atoms with Gasteiger partial charge in [0.25, 0.3) is 0 Å². The van der Waals surface area contributed by atoms with Gasteiger partial charge in [-0.1, -0.05) is 6.07 Å². The van der Waals surface area contributed by atoms with Crippen molar-refractivity contribution in [2.45, 2.75) is 18.8 Å². The van der Waals surface area contributed by atoms with E-state index >= 15 is 0 Å². The first kappa shape index (κ1) is 13.4. The molecular formula is C16H20N2O2. The van der Waals surface area contributed by atoms with Gasteiger partial charge < -0.3 is 14.7 Å². The number of ether oxygens (including phenoxy) is 1. The molecule has 2 aliphatic rings. The van der Waals surface area contributed by atoms with Crippen molar-refractivity contribution < 1.29 is 9.84 Å². The van der Waals surface area contributed by atoms with E-state index in [0.29, 0.717) is 11.5 Å². The maximum absolute atomic E-state index is 9.98. The van der Waals surface area contributed by atoms with E-state index in [4.69, 9.17) is 10.00 Å². The zero-order valence-corrected chi connectivity index (χ0v) is 11.6. The van der Waals surface area contributed by atoms with E-state index in [9.17, 15) is 5.11 Å². The number of benzene rings is 1. The van der Waals surface area contributed by atoms with Crippen LogP contribution in [-0.4, -0.2) is 42.9 Å². The highest BCUT2D eigenvalue weighted by Gasteiger charge is 2.33. The largest absolute Gasteiger partial charge is 0.508 e. The molecule has 0 bridgehead atoms. The summed E-state index contributed by atoms with van der Waals surface area (Å²) in [6, 6.07) is 7.38. The predicted octanol–water partition coefficient (Wildman–Crippen LogP) is 2.09. The lowest BCUT2D eigenvalue weighted by molar-refractivity contribution is 0.0369. The normalized spacial score (nSPS) is 21.4. The van der Waals surface area contributed by atoms with Crippen LogP contribution in [0.3, 0.4) is 0 Å². The summed E-state index contributed by atoms with van der Waals surface area (Å²) in [4.78, 5) is 2.42. The summed E-state index contributed by atoms with van der Waals surface area (Å²) < 4.78 is 5.38. The molecule has 4 heteroatoms. The summed E-state index contributed by atoms with van der Waals surface area (Å²) in [5, 5.41) is 19.1. The Morgan fingerprint density at radius 3 is 2.75 bits per heavy atom. The monoisotopic (exact) mass is 272 g/mol. The van der Waals surface area contributed by atoms with E-state index in [-0.39, 0.29) is 5.75 Å². The number of hydrogen-bond acceptors (Lipinski definition) is 4. The van der Waals surface area contributed by atoms with E-state index in [1.54, 1.807) is 18.2 Å². The lowest BCUT2D eigenvalue weighted by Gasteiger charge is -2.42. The van der Waals surface area contributed by atoms with Gasteiger partial charge in [-0.3, -0.25) is 0 Å². The van der Waals surface area contributed by atoms with Crippen LogP contribution in [0.4, 0.5) is 0 Å². The van der Waals surface area contributed by atoms with E-state index < -0.39 is 0 Å². The van der Waals surface area contributed by atoms with Crippen LogP contribution in [0.15, 0.2) is 18.2 Å². The molecule has 0 aliphatic carbocycles. The first-order chi connectivity index (χ1) is 9.78. The van der Waals surface area contributed by atoms with Crippen LogP contribution in [0, 0.1) is 17.2 Å². The number of nitrogens with zero attached hydrogens (tertiary/aromatic N) is 2. The maximum Gasteiger partial charge on any atom is 0.120 e. The van der Waals surface area contributed by atoms with E-state index in [0.717, 1.165) is 57.2 Å². The van der Waals surface area contributed by atoms with Gasteiger partial charge in [-0.2, -0.15) is 5.26 Å². The molecule has 2 fully saturated rings. The van der Waals surface area contributed by atoms with Crippen LogP contribution in [0.25, 0.3) is 0 Å². The molecule has 0 saturated carbocycles. The first-order valence-corrected chi connectivity index (χ1v) is 7.30. The second-order valence-corrected chi connectivity index (χ2v) is 5.82. The molecule has 0 atom stereocenters. The van der Waals surface area contributed by atoms with Crippen LogP contribution in [0.5, 0.6) is 5.75 Å². The third-order valence-electron chi connectivity index (χ3n) is 4.43. The summed E-state index contributed by atoms with van der Waals surface area (Å²) in [6.07, 6.45) is 2.31. The molecule has 2 aliphatic heterocycles. The molecule has 20 heavy (non-hydrogen) atoms. The highest BCUT2D eigenvalue weighted by atomic mass is 16.5. The fourth-order valence-electron chi connectivity index (χ4n) is 3.28. The summed E-state index contributed by atoms with van der Waals surface area (Å²) >= 11 is 0. The van der Waals surface area contributed by atoms with E-state index in [1.807, 2.05) is 0 Å². The van der Waals surface area contributed by atoms with Gasteiger partial charge in [-0.15, -0.1) is 0 Å². The summed E-state index contributed by atoms with van der Waals surface area (Å²) in [6.45, 7) is 4.79. The maximum atomic E-state index is 9.98. The van der Waals surface area contributed by atoms with Gasteiger partial charge in [0, 0.05) is 44.3 Å². The molecular weight excluding hydrogens is 252 g/mol. The minimum absolute atomic E-state index is 0.264. The van der Waals surface area contributed by atoms with Crippen LogP contribution in [-0.2, 0) is 4.74 Å². The number of hydrogen-bond donors (Lipinski definition) is 1. The average Bonchev–Trinajstić information content (AvgIpc) is 2.44. The second kappa shape index (κ2) is 5.82. The Bertz CT molecular complexity index is 512. The van der Waals surface area contributed by atoms with Gasteiger partial charge in [0.1, 0.15) is 5.75 Å². The van der Waals surface area contributed by atoms with Crippen molar-refractivity contribution >= 4 is 0 Å². The lowest BCUT2D eigenvalue weighted by Crippen LogP contribution is -2.47. The quantitative estimate of drug-likeness (QED) is 0.915. The minimum atomic E-state index is 0.264. The number of rotatable bonds is 3. The van der Waals surface area contributed by atoms with Crippen molar-refractivity contribution in [3.05, 3.63) is 29.3 Å². The molecule has 0 aromatic heterocycles. The fourth-order valence-corrected chi connectivity index (χ4v) is 3.28. The van der Waals surface area contributed by atoms with Crippen LogP contribution in [0.2, 0.25) is 0 Å². The SMILES string of the molecule is N#Cc1cccc(O)c1C1CN(CC2CCOCC2)C1. The summed E-state index contributed by atoms with van der Waals surface area (Å²) in [7, 11) is 0. The lowest BCUT2D eigenvalue weighted by atomic mass is 9.86. The fraction of sp³-hybridized carbons (Fsp3) is 0.562. The molecule has 1 N–H and O–H groups in total. The smallest absolute Gasteiger partial charge is 0.120 e. The van der Waals surface area contributed by atoms with Gasteiger partial charge in [-0.25, -0.2) is 0 Å².